The fourth-order valence-corrected chi connectivity index (χ4v) is 2.22. The smallest absolute Gasteiger partial charge is 0.255 e. The number of pyridine rings is 2. The molecule has 0 bridgehead atoms. The zero-order valence-corrected chi connectivity index (χ0v) is 13.0. The van der Waals surface area contributed by atoms with Crippen LogP contribution in [-0.2, 0) is 6.54 Å². The fraction of sp³-hybridized carbons (Fsp3) is 0.267. The Balaban J connectivity index is 2.14. The molecule has 1 amide bonds. The quantitative estimate of drug-likeness (QED) is 0.943. The first-order valence-electron chi connectivity index (χ1n) is 6.52. The molecule has 0 atom stereocenters. The summed E-state index contributed by atoms with van der Waals surface area (Å²) in [6.45, 7) is 2.36. The highest BCUT2D eigenvalue weighted by Crippen LogP contribution is 2.20. The molecule has 2 rings (SSSR count). The summed E-state index contributed by atoms with van der Waals surface area (Å²) in [5.41, 5.74) is 2.22. The van der Waals surface area contributed by atoms with Crippen LogP contribution in [0, 0.1) is 6.92 Å². The van der Waals surface area contributed by atoms with Crippen LogP contribution in [-0.4, -0.2) is 34.9 Å². The van der Waals surface area contributed by atoms with Gasteiger partial charge in [-0.05, 0) is 25.1 Å². The van der Waals surface area contributed by atoms with Crippen molar-refractivity contribution in [3.8, 4) is 0 Å². The van der Waals surface area contributed by atoms with Gasteiger partial charge in [-0.25, -0.2) is 4.98 Å². The molecule has 21 heavy (non-hydrogen) atoms. The summed E-state index contributed by atoms with van der Waals surface area (Å²) in [7, 11) is 3.46. The van der Waals surface area contributed by atoms with Gasteiger partial charge in [-0.1, -0.05) is 17.7 Å². The Morgan fingerprint density at radius 3 is 2.81 bits per heavy atom. The van der Waals surface area contributed by atoms with Crippen LogP contribution in [0.25, 0.3) is 0 Å². The normalized spacial score (nSPS) is 10.3. The lowest BCUT2D eigenvalue weighted by molar-refractivity contribution is 0.0783. The van der Waals surface area contributed by atoms with Gasteiger partial charge in [0.1, 0.15) is 5.82 Å². The second kappa shape index (κ2) is 6.54. The average Bonchev–Trinajstić information content (AvgIpc) is 2.46. The molecule has 0 aliphatic heterocycles. The van der Waals surface area contributed by atoms with Crippen LogP contribution >= 0.6 is 11.6 Å². The highest BCUT2D eigenvalue weighted by molar-refractivity contribution is 6.33. The van der Waals surface area contributed by atoms with Crippen LogP contribution in [0.1, 0.15) is 21.7 Å². The van der Waals surface area contributed by atoms with E-state index in [1.165, 1.54) is 6.20 Å². The molecule has 0 fully saturated rings. The second-order valence-corrected chi connectivity index (χ2v) is 5.14. The van der Waals surface area contributed by atoms with Crippen molar-refractivity contribution in [2.45, 2.75) is 13.5 Å². The zero-order valence-electron chi connectivity index (χ0n) is 12.2. The van der Waals surface area contributed by atoms with Crippen molar-refractivity contribution in [3.05, 3.63) is 52.4 Å². The first-order valence-corrected chi connectivity index (χ1v) is 6.90. The predicted octanol–water partition coefficient (Wildman–Crippen LogP) is 2.75. The Morgan fingerprint density at radius 2 is 2.19 bits per heavy atom. The minimum absolute atomic E-state index is 0.143. The van der Waals surface area contributed by atoms with Crippen molar-refractivity contribution in [1.29, 1.82) is 0 Å². The van der Waals surface area contributed by atoms with E-state index in [-0.39, 0.29) is 5.91 Å². The van der Waals surface area contributed by atoms with E-state index in [9.17, 15) is 4.79 Å². The summed E-state index contributed by atoms with van der Waals surface area (Å²) in [6, 6.07) is 7.36. The zero-order chi connectivity index (χ0) is 15.4. The van der Waals surface area contributed by atoms with Gasteiger partial charge in [-0.15, -0.1) is 0 Å². The van der Waals surface area contributed by atoms with Gasteiger partial charge < -0.3 is 10.2 Å². The molecule has 0 saturated heterocycles. The van der Waals surface area contributed by atoms with Gasteiger partial charge in [-0.2, -0.15) is 0 Å². The topological polar surface area (TPSA) is 58.1 Å². The van der Waals surface area contributed by atoms with E-state index in [0.29, 0.717) is 22.9 Å². The van der Waals surface area contributed by atoms with Crippen LogP contribution in [0.3, 0.4) is 0 Å². The molecule has 5 nitrogen and oxygen atoms in total. The predicted molar refractivity (Wildman–Crippen MR) is 83.6 cm³/mol. The van der Waals surface area contributed by atoms with E-state index in [0.717, 1.165) is 11.4 Å². The van der Waals surface area contributed by atoms with Crippen molar-refractivity contribution in [2.24, 2.45) is 0 Å². The highest BCUT2D eigenvalue weighted by Gasteiger charge is 2.14. The van der Waals surface area contributed by atoms with Crippen molar-refractivity contribution >= 4 is 23.3 Å². The number of rotatable bonds is 4. The highest BCUT2D eigenvalue weighted by atomic mass is 35.5. The number of amides is 1. The Morgan fingerprint density at radius 1 is 1.43 bits per heavy atom. The van der Waals surface area contributed by atoms with Gasteiger partial charge in [0.05, 0.1) is 22.8 Å². The Labute approximate surface area is 129 Å². The van der Waals surface area contributed by atoms with Gasteiger partial charge in [0.15, 0.2) is 0 Å². The van der Waals surface area contributed by atoms with Crippen LogP contribution in [0.15, 0.2) is 30.5 Å². The van der Waals surface area contributed by atoms with Crippen molar-refractivity contribution in [2.75, 3.05) is 19.4 Å². The number of hydrogen-bond acceptors (Lipinski definition) is 4. The van der Waals surface area contributed by atoms with E-state index in [1.807, 2.05) is 25.1 Å². The first-order chi connectivity index (χ1) is 10.0. The largest absolute Gasteiger partial charge is 0.372 e. The molecule has 0 aliphatic rings. The Bertz CT molecular complexity index is 660. The monoisotopic (exact) mass is 304 g/mol. The average molecular weight is 305 g/mol. The molecule has 1 N–H and O–H groups in total. The molecule has 6 heteroatoms. The number of hydrogen-bond donors (Lipinski definition) is 1. The Hall–Kier alpha value is -2.14. The maximum Gasteiger partial charge on any atom is 0.255 e. The Kier molecular flexibility index (Phi) is 4.75. The number of nitrogens with one attached hydrogen (secondary N) is 1. The number of halogens is 1. The molecular formula is C15H17ClN4O. The van der Waals surface area contributed by atoms with Gasteiger partial charge in [0.2, 0.25) is 0 Å². The van der Waals surface area contributed by atoms with Crippen LogP contribution < -0.4 is 5.32 Å². The van der Waals surface area contributed by atoms with E-state index in [1.54, 1.807) is 25.1 Å². The van der Waals surface area contributed by atoms with Crippen LogP contribution in [0.4, 0.5) is 5.82 Å². The number of aromatic nitrogens is 2. The molecule has 0 spiro atoms. The molecule has 0 saturated carbocycles. The third-order valence-electron chi connectivity index (χ3n) is 3.02. The molecule has 0 unspecified atom stereocenters. The minimum Gasteiger partial charge on any atom is -0.372 e. The number of carbonyl (C=O) groups is 1. The first kappa shape index (κ1) is 15.3. The molecule has 0 aromatic carbocycles. The van der Waals surface area contributed by atoms with E-state index >= 15 is 0 Å². The van der Waals surface area contributed by atoms with Crippen molar-refractivity contribution in [1.82, 2.24) is 14.9 Å². The number of nitrogens with zero attached hydrogens (tertiary/aromatic N) is 3. The van der Waals surface area contributed by atoms with E-state index in [4.69, 9.17) is 11.6 Å². The summed E-state index contributed by atoms with van der Waals surface area (Å²) in [5, 5.41) is 3.28. The maximum absolute atomic E-state index is 12.4. The van der Waals surface area contributed by atoms with Crippen LogP contribution in [0.2, 0.25) is 5.02 Å². The lowest BCUT2D eigenvalue weighted by Crippen LogP contribution is -2.26. The molecule has 2 heterocycles. The summed E-state index contributed by atoms with van der Waals surface area (Å²) in [5.74, 6) is 0.409. The SMILES string of the molecule is CNc1ncc(C(=O)N(C)Cc2cccc(C)n2)cc1Cl. The van der Waals surface area contributed by atoms with E-state index < -0.39 is 0 Å². The van der Waals surface area contributed by atoms with Gasteiger partial charge >= 0.3 is 0 Å². The van der Waals surface area contributed by atoms with Crippen molar-refractivity contribution in [3.63, 3.8) is 0 Å². The molecule has 0 radical (unpaired) electrons. The molecule has 110 valence electrons. The second-order valence-electron chi connectivity index (χ2n) is 4.74. The summed E-state index contributed by atoms with van der Waals surface area (Å²) in [4.78, 5) is 22.5. The molecule has 2 aromatic heterocycles. The summed E-state index contributed by atoms with van der Waals surface area (Å²) < 4.78 is 0. The van der Waals surface area contributed by atoms with Crippen molar-refractivity contribution < 1.29 is 4.79 Å². The fourth-order valence-electron chi connectivity index (χ4n) is 1.96. The lowest BCUT2D eigenvalue weighted by atomic mass is 10.2. The number of aryl methyl sites for hydroxylation is 1. The standard InChI is InChI=1S/C15H17ClN4O/c1-10-5-4-6-12(19-10)9-20(3)15(21)11-7-13(16)14(17-2)18-8-11/h4-8H,9H2,1-3H3,(H,17,18). The number of carbonyl (C=O) groups excluding carboxylic acids is 1. The lowest BCUT2D eigenvalue weighted by Gasteiger charge is -2.17. The van der Waals surface area contributed by atoms with Crippen LogP contribution in [0.5, 0.6) is 0 Å². The third-order valence-corrected chi connectivity index (χ3v) is 3.30. The van der Waals surface area contributed by atoms with E-state index in [2.05, 4.69) is 15.3 Å². The summed E-state index contributed by atoms with van der Waals surface area (Å²) >= 11 is 6.05. The van der Waals surface area contributed by atoms with Gasteiger partial charge in [0.25, 0.3) is 5.91 Å². The minimum atomic E-state index is -0.143. The molecular weight excluding hydrogens is 288 g/mol. The van der Waals surface area contributed by atoms with Gasteiger partial charge in [0, 0.05) is 26.0 Å². The van der Waals surface area contributed by atoms with Gasteiger partial charge in [-0.3, -0.25) is 9.78 Å². The summed E-state index contributed by atoms with van der Waals surface area (Å²) in [6.07, 6.45) is 1.51. The third kappa shape index (κ3) is 3.70. The molecule has 0 aliphatic carbocycles. The molecule has 2 aromatic rings. The maximum atomic E-state index is 12.4. The number of anilines is 1.